The number of rotatable bonds is 6. The van der Waals surface area contributed by atoms with E-state index in [-0.39, 0.29) is 0 Å². The van der Waals surface area contributed by atoms with E-state index in [1.54, 1.807) is 0 Å². The molecule has 0 aliphatic heterocycles. The van der Waals surface area contributed by atoms with Gasteiger partial charge in [-0.1, -0.05) is 56.6 Å². The van der Waals surface area contributed by atoms with Gasteiger partial charge in [0.2, 0.25) is 0 Å². The third-order valence-electron chi connectivity index (χ3n) is 3.42. The zero-order valence-corrected chi connectivity index (χ0v) is 13.8. The fourth-order valence-corrected chi connectivity index (χ4v) is 2.41. The summed E-state index contributed by atoms with van der Waals surface area (Å²) in [6.45, 7) is 9.30. The van der Waals surface area contributed by atoms with Gasteiger partial charge in [0.15, 0.2) is 0 Å². The van der Waals surface area contributed by atoms with Crippen molar-refractivity contribution in [2.24, 2.45) is 5.41 Å². The molecule has 2 rings (SSSR count). The van der Waals surface area contributed by atoms with Gasteiger partial charge in [0.25, 0.3) is 0 Å². The summed E-state index contributed by atoms with van der Waals surface area (Å²) >= 11 is 6.21. The van der Waals surface area contributed by atoms with Crippen LogP contribution < -0.4 is 10.1 Å². The van der Waals surface area contributed by atoms with Gasteiger partial charge in [0.05, 0.1) is 0 Å². The van der Waals surface area contributed by atoms with E-state index in [1.807, 2.05) is 36.4 Å². The average molecular weight is 306 g/mol. The van der Waals surface area contributed by atoms with Crippen LogP contribution in [0, 0.1) is 5.41 Å². The molecule has 3 heteroatoms. The molecule has 0 fully saturated rings. The average Bonchev–Trinajstić information content (AvgIpc) is 2.44. The molecular weight excluding hydrogens is 282 g/mol. The zero-order valence-electron chi connectivity index (χ0n) is 13.1. The van der Waals surface area contributed by atoms with Crippen LogP contribution in [-0.4, -0.2) is 19.7 Å². The number of nitrogens with one attached hydrogen (secondary N) is 1. The van der Waals surface area contributed by atoms with Crippen LogP contribution in [-0.2, 0) is 0 Å². The summed E-state index contributed by atoms with van der Waals surface area (Å²) in [7, 11) is 0. The van der Waals surface area contributed by atoms with E-state index in [4.69, 9.17) is 16.3 Å². The molecule has 21 heavy (non-hydrogen) atoms. The Hall–Kier alpha value is -1.25. The Bertz CT molecular complexity index is 589. The molecule has 0 unspecified atom stereocenters. The van der Waals surface area contributed by atoms with Crippen molar-refractivity contribution in [3.8, 4) is 5.75 Å². The fraction of sp³-hybridized carbons (Fsp3) is 0.444. The molecule has 0 saturated carbocycles. The molecule has 0 atom stereocenters. The van der Waals surface area contributed by atoms with E-state index >= 15 is 0 Å². The number of hydrogen-bond acceptors (Lipinski definition) is 2. The van der Waals surface area contributed by atoms with Crippen LogP contribution in [0.25, 0.3) is 10.8 Å². The van der Waals surface area contributed by atoms with E-state index in [0.29, 0.717) is 12.0 Å². The number of ether oxygens (including phenoxy) is 1. The Morgan fingerprint density at radius 1 is 1.00 bits per heavy atom. The number of benzene rings is 2. The third kappa shape index (κ3) is 4.90. The summed E-state index contributed by atoms with van der Waals surface area (Å²) < 4.78 is 5.89. The summed E-state index contributed by atoms with van der Waals surface area (Å²) in [5.74, 6) is 0.896. The van der Waals surface area contributed by atoms with Crippen LogP contribution >= 0.6 is 11.6 Å². The van der Waals surface area contributed by atoms with Gasteiger partial charge in [0.1, 0.15) is 12.4 Å². The molecule has 0 aromatic heterocycles. The van der Waals surface area contributed by atoms with Gasteiger partial charge in [-0.25, -0.2) is 0 Å². The van der Waals surface area contributed by atoms with E-state index < -0.39 is 0 Å². The van der Waals surface area contributed by atoms with E-state index in [9.17, 15) is 0 Å². The first-order chi connectivity index (χ1) is 9.97. The van der Waals surface area contributed by atoms with Crippen molar-refractivity contribution >= 4 is 22.4 Å². The monoisotopic (exact) mass is 305 g/mol. The van der Waals surface area contributed by atoms with Crippen LogP contribution in [0.15, 0.2) is 36.4 Å². The summed E-state index contributed by atoms with van der Waals surface area (Å²) in [5.41, 5.74) is 0.375. The lowest BCUT2D eigenvalue weighted by Gasteiger charge is -2.18. The highest BCUT2D eigenvalue weighted by Crippen LogP contribution is 2.31. The normalized spacial score (nSPS) is 11.8. The van der Waals surface area contributed by atoms with Crippen molar-refractivity contribution in [2.75, 3.05) is 19.7 Å². The van der Waals surface area contributed by atoms with Gasteiger partial charge in [-0.3, -0.25) is 0 Å². The second kappa shape index (κ2) is 7.15. The highest BCUT2D eigenvalue weighted by atomic mass is 35.5. The minimum atomic E-state index is 0.375. The van der Waals surface area contributed by atoms with Crippen LogP contribution in [0.4, 0.5) is 0 Å². The largest absolute Gasteiger partial charge is 0.492 e. The molecule has 0 heterocycles. The fourth-order valence-electron chi connectivity index (χ4n) is 2.18. The molecule has 2 nitrogen and oxygen atoms in total. The first kappa shape index (κ1) is 16.1. The Labute approximate surface area is 132 Å². The summed E-state index contributed by atoms with van der Waals surface area (Å²) in [6.07, 6.45) is 1.16. The molecule has 1 N–H and O–H groups in total. The summed E-state index contributed by atoms with van der Waals surface area (Å²) in [4.78, 5) is 0. The lowest BCUT2D eigenvalue weighted by molar-refractivity contribution is 0.307. The molecule has 0 radical (unpaired) electrons. The van der Waals surface area contributed by atoms with Gasteiger partial charge in [-0.15, -0.1) is 0 Å². The van der Waals surface area contributed by atoms with Crippen LogP contribution in [0.3, 0.4) is 0 Å². The quantitative estimate of drug-likeness (QED) is 0.767. The maximum absolute atomic E-state index is 6.21. The third-order valence-corrected chi connectivity index (χ3v) is 3.75. The molecule has 2 aromatic carbocycles. The minimum Gasteiger partial charge on any atom is -0.492 e. The van der Waals surface area contributed by atoms with Crippen molar-refractivity contribution in [1.82, 2.24) is 5.32 Å². The van der Waals surface area contributed by atoms with E-state index in [2.05, 4.69) is 26.1 Å². The maximum Gasteiger partial charge on any atom is 0.127 e. The highest BCUT2D eigenvalue weighted by molar-refractivity contribution is 6.35. The van der Waals surface area contributed by atoms with Gasteiger partial charge in [-0.05, 0) is 30.5 Å². The standard InChI is InChI=1S/C18H24ClNO/c1-18(2,3)10-11-20-12-13-21-17-9-8-16(19)14-6-4-5-7-15(14)17/h4-9,20H,10-13H2,1-3H3. The minimum absolute atomic E-state index is 0.375. The first-order valence-corrected chi connectivity index (χ1v) is 7.86. The first-order valence-electron chi connectivity index (χ1n) is 7.48. The van der Waals surface area contributed by atoms with Crippen molar-refractivity contribution < 1.29 is 4.74 Å². The Balaban J connectivity index is 1.86. The molecule has 0 bridgehead atoms. The van der Waals surface area contributed by atoms with Crippen molar-refractivity contribution in [1.29, 1.82) is 0 Å². The van der Waals surface area contributed by atoms with Gasteiger partial charge in [-0.2, -0.15) is 0 Å². The number of halogens is 1. The van der Waals surface area contributed by atoms with Crippen molar-refractivity contribution in [3.05, 3.63) is 41.4 Å². The Morgan fingerprint density at radius 2 is 1.71 bits per heavy atom. The SMILES string of the molecule is CC(C)(C)CCNCCOc1ccc(Cl)c2ccccc12. The van der Waals surface area contributed by atoms with Crippen molar-refractivity contribution in [3.63, 3.8) is 0 Å². The molecule has 0 aliphatic rings. The maximum atomic E-state index is 6.21. The van der Waals surface area contributed by atoms with Crippen LogP contribution in [0.5, 0.6) is 5.75 Å². The summed E-state index contributed by atoms with van der Waals surface area (Å²) in [5, 5.41) is 6.29. The van der Waals surface area contributed by atoms with Crippen molar-refractivity contribution in [2.45, 2.75) is 27.2 Å². The lowest BCUT2D eigenvalue weighted by atomic mass is 9.92. The zero-order chi connectivity index (χ0) is 15.3. The van der Waals surface area contributed by atoms with Gasteiger partial charge < -0.3 is 10.1 Å². The van der Waals surface area contributed by atoms with E-state index in [1.165, 1.54) is 0 Å². The number of fused-ring (bicyclic) bond motifs is 1. The van der Waals surface area contributed by atoms with Crippen LogP contribution in [0.2, 0.25) is 5.02 Å². The molecule has 0 aliphatic carbocycles. The molecular formula is C18H24ClNO. The lowest BCUT2D eigenvalue weighted by Crippen LogP contribution is -2.25. The second-order valence-corrected chi connectivity index (χ2v) is 6.91. The van der Waals surface area contributed by atoms with Crippen LogP contribution in [0.1, 0.15) is 27.2 Å². The molecule has 2 aromatic rings. The molecule has 0 saturated heterocycles. The molecule has 114 valence electrons. The topological polar surface area (TPSA) is 21.3 Å². The summed E-state index contributed by atoms with van der Waals surface area (Å²) in [6, 6.07) is 11.9. The smallest absolute Gasteiger partial charge is 0.127 e. The predicted molar refractivity (Wildman–Crippen MR) is 91.4 cm³/mol. The molecule has 0 spiro atoms. The highest BCUT2D eigenvalue weighted by Gasteiger charge is 2.09. The second-order valence-electron chi connectivity index (χ2n) is 6.50. The Morgan fingerprint density at radius 3 is 2.43 bits per heavy atom. The van der Waals surface area contributed by atoms with Gasteiger partial charge >= 0.3 is 0 Å². The van der Waals surface area contributed by atoms with Gasteiger partial charge in [0, 0.05) is 22.3 Å². The predicted octanol–water partition coefficient (Wildman–Crippen LogP) is 4.90. The van der Waals surface area contributed by atoms with E-state index in [0.717, 1.165) is 41.1 Å². The molecule has 0 amide bonds. The number of hydrogen-bond donors (Lipinski definition) is 1. The Kier molecular flexibility index (Phi) is 5.49.